The highest BCUT2D eigenvalue weighted by Gasteiger charge is 2.57. The Morgan fingerprint density at radius 1 is 1.10 bits per heavy atom. The second kappa shape index (κ2) is 8.23. The Hall–Kier alpha value is -1.88. The van der Waals surface area contributed by atoms with Gasteiger partial charge in [-0.25, -0.2) is 0 Å². The van der Waals surface area contributed by atoms with Crippen LogP contribution < -0.4 is 4.74 Å². The van der Waals surface area contributed by atoms with E-state index in [1.54, 1.807) is 12.0 Å². The number of rotatable bonds is 4. The molecule has 5 nitrogen and oxygen atoms in total. The highest BCUT2D eigenvalue weighted by molar-refractivity contribution is 6.01. The van der Waals surface area contributed by atoms with E-state index < -0.39 is 0 Å². The van der Waals surface area contributed by atoms with Crippen molar-refractivity contribution < 1.29 is 14.3 Å². The lowest BCUT2D eigenvalue weighted by molar-refractivity contribution is -0.167. The van der Waals surface area contributed by atoms with Gasteiger partial charge in [0.15, 0.2) is 0 Å². The molecule has 3 fully saturated rings. The molecule has 5 heteroatoms. The molecule has 0 N–H and O–H groups in total. The van der Waals surface area contributed by atoms with E-state index in [0.29, 0.717) is 24.8 Å². The number of methoxy groups -OCH3 is 1. The Kier molecular flexibility index (Phi) is 5.58. The summed E-state index contributed by atoms with van der Waals surface area (Å²) in [5.41, 5.74) is 2.42. The third-order valence-electron chi connectivity index (χ3n) is 8.84. The van der Waals surface area contributed by atoms with Crippen molar-refractivity contribution in [3.05, 3.63) is 29.3 Å². The molecule has 1 aromatic carbocycles. The van der Waals surface area contributed by atoms with Crippen molar-refractivity contribution in [2.75, 3.05) is 33.3 Å². The summed E-state index contributed by atoms with van der Waals surface area (Å²) in [6.07, 6.45) is 8.32. The minimum atomic E-state index is -0.388. The van der Waals surface area contributed by atoms with Gasteiger partial charge in [0.2, 0.25) is 11.8 Å². The lowest BCUT2D eigenvalue weighted by atomic mass is 9.52. The van der Waals surface area contributed by atoms with Crippen LogP contribution in [-0.2, 0) is 16.0 Å². The molecule has 2 amide bonds. The lowest BCUT2D eigenvalue weighted by Crippen LogP contribution is -2.60. The maximum Gasteiger partial charge on any atom is 0.235 e. The van der Waals surface area contributed by atoms with Gasteiger partial charge in [0, 0.05) is 19.5 Å². The number of piperidine rings is 2. The Morgan fingerprint density at radius 2 is 1.90 bits per heavy atom. The highest BCUT2D eigenvalue weighted by atomic mass is 16.5. The first-order valence-electron chi connectivity index (χ1n) is 12.3. The fourth-order valence-electron chi connectivity index (χ4n) is 7.02. The molecular weight excluding hydrogens is 388 g/mol. The second-order valence-electron chi connectivity index (χ2n) is 10.4. The molecule has 2 saturated heterocycles. The number of nitrogens with zero attached hydrogens (tertiary/aromatic N) is 2. The molecule has 31 heavy (non-hydrogen) atoms. The van der Waals surface area contributed by atoms with Gasteiger partial charge in [-0.2, -0.15) is 0 Å². The van der Waals surface area contributed by atoms with E-state index in [-0.39, 0.29) is 23.1 Å². The summed E-state index contributed by atoms with van der Waals surface area (Å²) < 4.78 is 5.43. The standard InChI is InChI=1S/C26H36N2O3/c1-26-11-10-21-20-9-7-19(31-2)16-18(20)6-8-22(21)23(26)17-24(29)28(25(26)30)15-14-27-12-4-3-5-13-27/h7,9,16,21-23H,3-6,8,10-15,17H2,1-2H3/t21?,22-,23?,26+/m1/s1. The van der Waals surface area contributed by atoms with Crippen LogP contribution in [-0.4, -0.2) is 54.9 Å². The fourth-order valence-corrected chi connectivity index (χ4v) is 7.02. The number of carbonyl (C=O) groups is 2. The van der Waals surface area contributed by atoms with Gasteiger partial charge in [-0.1, -0.05) is 19.4 Å². The van der Waals surface area contributed by atoms with E-state index in [1.807, 2.05) is 0 Å². The Labute approximate surface area is 186 Å². The van der Waals surface area contributed by atoms with Gasteiger partial charge in [-0.3, -0.25) is 14.5 Å². The van der Waals surface area contributed by atoms with Gasteiger partial charge in [-0.15, -0.1) is 0 Å². The number of imide groups is 1. The van der Waals surface area contributed by atoms with Crippen molar-refractivity contribution in [3.63, 3.8) is 0 Å². The van der Waals surface area contributed by atoms with Gasteiger partial charge in [-0.05, 0) is 92.6 Å². The molecule has 0 bridgehead atoms. The summed E-state index contributed by atoms with van der Waals surface area (Å²) in [6.45, 7) is 5.75. The third-order valence-corrected chi connectivity index (χ3v) is 8.84. The third kappa shape index (κ3) is 3.59. The number of carbonyl (C=O) groups excluding carboxylic acids is 2. The maximum atomic E-state index is 13.6. The van der Waals surface area contributed by atoms with Crippen molar-refractivity contribution in [2.45, 2.75) is 64.2 Å². The molecule has 168 valence electrons. The summed E-state index contributed by atoms with van der Waals surface area (Å²) in [7, 11) is 1.72. The molecular formula is C26H36N2O3. The van der Waals surface area contributed by atoms with Gasteiger partial charge >= 0.3 is 0 Å². The SMILES string of the molecule is COc1ccc2c(c1)CC[C@@H]1C2CC[C@]2(C)C(=O)N(CCN3CCCCC3)C(=O)CC12. The Balaban J connectivity index is 1.33. The largest absolute Gasteiger partial charge is 0.497 e. The minimum absolute atomic E-state index is 0.0608. The van der Waals surface area contributed by atoms with E-state index in [1.165, 1.54) is 30.4 Å². The first-order chi connectivity index (χ1) is 15.0. The summed E-state index contributed by atoms with van der Waals surface area (Å²) >= 11 is 0. The number of hydrogen-bond acceptors (Lipinski definition) is 4. The minimum Gasteiger partial charge on any atom is -0.497 e. The number of ether oxygens (including phenoxy) is 1. The van der Waals surface area contributed by atoms with Crippen LogP contribution in [0.4, 0.5) is 0 Å². The molecule has 1 saturated carbocycles. The molecule has 2 aliphatic carbocycles. The van der Waals surface area contributed by atoms with Crippen LogP contribution >= 0.6 is 0 Å². The highest BCUT2D eigenvalue weighted by Crippen LogP contribution is 2.58. The van der Waals surface area contributed by atoms with E-state index in [9.17, 15) is 9.59 Å². The van der Waals surface area contributed by atoms with Crippen molar-refractivity contribution in [3.8, 4) is 5.75 Å². The van der Waals surface area contributed by atoms with Crippen molar-refractivity contribution >= 4 is 11.8 Å². The normalized spacial score (nSPS) is 33.5. The molecule has 0 aromatic heterocycles. The van der Waals surface area contributed by atoms with Crippen molar-refractivity contribution in [2.24, 2.45) is 17.3 Å². The fraction of sp³-hybridized carbons (Fsp3) is 0.692. The topological polar surface area (TPSA) is 49.9 Å². The van der Waals surface area contributed by atoms with E-state index >= 15 is 0 Å². The summed E-state index contributed by atoms with van der Waals surface area (Å²) in [5, 5.41) is 0. The van der Waals surface area contributed by atoms with E-state index in [0.717, 1.165) is 51.1 Å². The molecule has 0 spiro atoms. The molecule has 2 aliphatic heterocycles. The number of benzene rings is 1. The number of amides is 2. The summed E-state index contributed by atoms with van der Waals surface area (Å²) in [6, 6.07) is 6.47. The van der Waals surface area contributed by atoms with Crippen LogP contribution in [0.5, 0.6) is 5.75 Å². The predicted octanol–water partition coefficient (Wildman–Crippen LogP) is 4.00. The monoisotopic (exact) mass is 424 g/mol. The zero-order chi connectivity index (χ0) is 21.6. The Morgan fingerprint density at radius 3 is 2.68 bits per heavy atom. The molecule has 1 aromatic rings. The van der Waals surface area contributed by atoms with Crippen LogP contribution in [0.15, 0.2) is 18.2 Å². The van der Waals surface area contributed by atoms with Crippen LogP contribution in [0.3, 0.4) is 0 Å². The number of likely N-dealkylation sites (tertiary alicyclic amines) is 2. The van der Waals surface area contributed by atoms with Crippen molar-refractivity contribution in [1.29, 1.82) is 0 Å². The molecule has 4 aliphatic rings. The van der Waals surface area contributed by atoms with Gasteiger partial charge in [0.05, 0.1) is 12.5 Å². The predicted molar refractivity (Wildman–Crippen MR) is 120 cm³/mol. The quantitative estimate of drug-likeness (QED) is 0.686. The van der Waals surface area contributed by atoms with Crippen LogP contribution in [0.25, 0.3) is 0 Å². The lowest BCUT2D eigenvalue weighted by Gasteiger charge is -2.54. The summed E-state index contributed by atoms with van der Waals surface area (Å²) in [5.74, 6) is 2.15. The van der Waals surface area contributed by atoms with E-state index in [4.69, 9.17) is 4.74 Å². The van der Waals surface area contributed by atoms with Crippen LogP contribution in [0.2, 0.25) is 0 Å². The molecule has 5 rings (SSSR count). The number of aryl methyl sites for hydroxylation is 1. The second-order valence-corrected chi connectivity index (χ2v) is 10.4. The molecule has 2 heterocycles. The maximum absolute atomic E-state index is 13.6. The Bertz CT molecular complexity index is 862. The van der Waals surface area contributed by atoms with Gasteiger partial charge in [0.1, 0.15) is 5.75 Å². The number of fused-ring (bicyclic) bond motifs is 5. The first-order valence-corrected chi connectivity index (χ1v) is 12.3. The molecule has 0 radical (unpaired) electrons. The zero-order valence-electron chi connectivity index (χ0n) is 19.1. The van der Waals surface area contributed by atoms with Gasteiger partial charge in [0.25, 0.3) is 0 Å². The number of hydrogen-bond donors (Lipinski definition) is 0. The molecule has 4 atom stereocenters. The van der Waals surface area contributed by atoms with Crippen LogP contribution in [0, 0.1) is 17.3 Å². The average Bonchev–Trinajstić information content (AvgIpc) is 2.80. The smallest absolute Gasteiger partial charge is 0.235 e. The average molecular weight is 425 g/mol. The molecule has 2 unspecified atom stereocenters. The van der Waals surface area contributed by atoms with Crippen LogP contribution in [0.1, 0.15) is 68.9 Å². The van der Waals surface area contributed by atoms with E-state index in [2.05, 4.69) is 30.0 Å². The summed E-state index contributed by atoms with van der Waals surface area (Å²) in [4.78, 5) is 30.8. The van der Waals surface area contributed by atoms with Gasteiger partial charge < -0.3 is 9.64 Å². The van der Waals surface area contributed by atoms with Crippen molar-refractivity contribution in [1.82, 2.24) is 9.80 Å². The first kappa shape index (κ1) is 21.0. The zero-order valence-corrected chi connectivity index (χ0v) is 19.1.